The largest absolute Gasteiger partial charge is 0.319 e. The molecule has 1 fully saturated rings. The molecular formula is C9H17NO. The van der Waals surface area contributed by atoms with Crippen LogP contribution in [0.5, 0.6) is 0 Å². The van der Waals surface area contributed by atoms with Gasteiger partial charge in [-0.05, 0) is 32.1 Å². The lowest BCUT2D eigenvalue weighted by atomic mass is 9.91. The van der Waals surface area contributed by atoms with Gasteiger partial charge >= 0.3 is 0 Å². The van der Waals surface area contributed by atoms with Crippen molar-refractivity contribution in [3.63, 3.8) is 0 Å². The normalized spacial score (nSPS) is 22.8. The lowest BCUT2D eigenvalue weighted by molar-refractivity contribution is -0.124. The van der Waals surface area contributed by atoms with Gasteiger partial charge in [-0.1, -0.05) is 6.92 Å². The van der Waals surface area contributed by atoms with Gasteiger partial charge in [0, 0.05) is 6.42 Å². The maximum absolute atomic E-state index is 11.4. The number of nitrogens with two attached hydrogens (primary N) is 1. The Balaban J connectivity index is 2.37. The molecule has 1 saturated carbocycles. The summed E-state index contributed by atoms with van der Waals surface area (Å²) in [6, 6.07) is 0. The second-order valence-corrected chi connectivity index (χ2v) is 3.84. The average Bonchev–Trinajstić information content (AvgIpc) is 2.72. The van der Waals surface area contributed by atoms with Crippen molar-refractivity contribution in [1.29, 1.82) is 0 Å². The molecule has 2 N–H and O–H groups in total. The highest BCUT2D eigenvalue weighted by Gasteiger charge is 2.32. The lowest BCUT2D eigenvalue weighted by Crippen LogP contribution is -2.44. The van der Waals surface area contributed by atoms with E-state index in [1.54, 1.807) is 0 Å². The predicted octanol–water partition coefficient (Wildman–Crippen LogP) is 1.48. The van der Waals surface area contributed by atoms with Gasteiger partial charge in [0.15, 0.2) is 5.78 Å². The third-order valence-electron chi connectivity index (χ3n) is 2.54. The van der Waals surface area contributed by atoms with E-state index in [0.29, 0.717) is 12.3 Å². The van der Waals surface area contributed by atoms with Crippen LogP contribution < -0.4 is 5.73 Å². The fourth-order valence-corrected chi connectivity index (χ4v) is 1.01. The zero-order chi connectivity index (χ0) is 8.48. The van der Waals surface area contributed by atoms with Crippen LogP contribution in [0.2, 0.25) is 0 Å². The molecule has 1 aliphatic carbocycles. The van der Waals surface area contributed by atoms with Crippen LogP contribution in [0, 0.1) is 5.92 Å². The zero-order valence-electron chi connectivity index (χ0n) is 7.39. The molecule has 11 heavy (non-hydrogen) atoms. The molecular weight excluding hydrogens is 138 g/mol. The summed E-state index contributed by atoms with van der Waals surface area (Å²) >= 11 is 0. The van der Waals surface area contributed by atoms with Crippen LogP contribution in [0.3, 0.4) is 0 Å². The predicted molar refractivity (Wildman–Crippen MR) is 45.2 cm³/mol. The second kappa shape index (κ2) is 2.94. The van der Waals surface area contributed by atoms with Crippen molar-refractivity contribution in [3.8, 4) is 0 Å². The van der Waals surface area contributed by atoms with Gasteiger partial charge in [0.2, 0.25) is 0 Å². The standard InChI is InChI=1S/C9H17NO/c1-3-9(2,10)8(11)6-7-4-5-7/h7H,3-6,10H2,1-2H3. The Bertz CT molecular complexity index is 159. The van der Waals surface area contributed by atoms with Crippen molar-refractivity contribution in [1.82, 2.24) is 0 Å². The molecule has 64 valence electrons. The average molecular weight is 155 g/mol. The Morgan fingerprint density at radius 1 is 1.64 bits per heavy atom. The molecule has 1 aliphatic rings. The van der Waals surface area contributed by atoms with Crippen molar-refractivity contribution < 1.29 is 4.79 Å². The molecule has 0 heterocycles. The molecule has 1 rings (SSSR count). The maximum Gasteiger partial charge on any atom is 0.152 e. The molecule has 2 nitrogen and oxygen atoms in total. The van der Waals surface area contributed by atoms with Gasteiger partial charge in [0.1, 0.15) is 0 Å². The third-order valence-corrected chi connectivity index (χ3v) is 2.54. The number of hydrogen-bond acceptors (Lipinski definition) is 2. The number of hydrogen-bond donors (Lipinski definition) is 1. The van der Waals surface area contributed by atoms with E-state index < -0.39 is 5.54 Å². The number of Topliss-reactive ketones (excluding diaryl/α,β-unsaturated/α-hetero) is 1. The summed E-state index contributed by atoms with van der Waals surface area (Å²) in [6.07, 6.45) is 3.91. The number of carbonyl (C=O) groups excluding carboxylic acids is 1. The second-order valence-electron chi connectivity index (χ2n) is 3.84. The van der Waals surface area contributed by atoms with E-state index in [0.717, 1.165) is 6.42 Å². The van der Waals surface area contributed by atoms with E-state index in [-0.39, 0.29) is 5.78 Å². The van der Waals surface area contributed by atoms with Crippen LogP contribution in [0.15, 0.2) is 0 Å². The van der Waals surface area contributed by atoms with Gasteiger partial charge in [-0.15, -0.1) is 0 Å². The monoisotopic (exact) mass is 155 g/mol. The van der Waals surface area contributed by atoms with E-state index in [1.165, 1.54) is 12.8 Å². The first-order chi connectivity index (χ1) is 5.06. The van der Waals surface area contributed by atoms with Crippen LogP contribution in [0.1, 0.15) is 39.5 Å². The van der Waals surface area contributed by atoms with Crippen molar-refractivity contribution in [2.75, 3.05) is 0 Å². The van der Waals surface area contributed by atoms with Crippen LogP contribution >= 0.6 is 0 Å². The maximum atomic E-state index is 11.4. The summed E-state index contributed by atoms with van der Waals surface area (Å²) < 4.78 is 0. The summed E-state index contributed by atoms with van der Waals surface area (Å²) in [5.41, 5.74) is 5.22. The summed E-state index contributed by atoms with van der Waals surface area (Å²) in [6.45, 7) is 3.79. The van der Waals surface area contributed by atoms with E-state index in [4.69, 9.17) is 5.73 Å². The Hall–Kier alpha value is -0.370. The van der Waals surface area contributed by atoms with Gasteiger partial charge in [0.25, 0.3) is 0 Å². The number of ketones is 1. The molecule has 2 heteroatoms. The Morgan fingerprint density at radius 2 is 2.18 bits per heavy atom. The molecule has 0 aromatic heterocycles. The van der Waals surface area contributed by atoms with E-state index in [1.807, 2.05) is 13.8 Å². The lowest BCUT2D eigenvalue weighted by Gasteiger charge is -2.20. The molecule has 0 spiro atoms. The van der Waals surface area contributed by atoms with Gasteiger partial charge in [-0.2, -0.15) is 0 Å². The summed E-state index contributed by atoms with van der Waals surface area (Å²) in [5.74, 6) is 0.902. The summed E-state index contributed by atoms with van der Waals surface area (Å²) in [4.78, 5) is 11.4. The smallest absolute Gasteiger partial charge is 0.152 e. The number of rotatable bonds is 4. The summed E-state index contributed by atoms with van der Waals surface area (Å²) in [7, 11) is 0. The Kier molecular flexibility index (Phi) is 2.33. The van der Waals surface area contributed by atoms with Crippen LogP contribution in [0.4, 0.5) is 0 Å². The molecule has 1 unspecified atom stereocenters. The van der Waals surface area contributed by atoms with Crippen LogP contribution in [-0.2, 0) is 4.79 Å². The highest BCUT2D eigenvalue weighted by atomic mass is 16.1. The minimum Gasteiger partial charge on any atom is -0.319 e. The van der Waals surface area contributed by atoms with Gasteiger partial charge in [0.05, 0.1) is 5.54 Å². The SMILES string of the molecule is CCC(C)(N)C(=O)CC1CC1. The third kappa shape index (κ3) is 2.29. The highest BCUT2D eigenvalue weighted by Crippen LogP contribution is 2.33. The van der Waals surface area contributed by atoms with Crippen LogP contribution in [0.25, 0.3) is 0 Å². The topological polar surface area (TPSA) is 43.1 Å². The van der Waals surface area contributed by atoms with Crippen molar-refractivity contribution >= 4 is 5.78 Å². The molecule has 0 radical (unpaired) electrons. The fourth-order valence-electron chi connectivity index (χ4n) is 1.01. The van der Waals surface area contributed by atoms with Gasteiger partial charge in [-0.25, -0.2) is 0 Å². The first-order valence-electron chi connectivity index (χ1n) is 4.38. The number of carbonyl (C=O) groups is 1. The van der Waals surface area contributed by atoms with E-state index in [2.05, 4.69) is 0 Å². The Morgan fingerprint density at radius 3 is 2.55 bits per heavy atom. The van der Waals surface area contributed by atoms with Gasteiger partial charge < -0.3 is 5.73 Å². The summed E-state index contributed by atoms with van der Waals surface area (Å²) in [5, 5.41) is 0. The highest BCUT2D eigenvalue weighted by molar-refractivity contribution is 5.88. The van der Waals surface area contributed by atoms with Crippen molar-refractivity contribution in [2.24, 2.45) is 11.7 Å². The fraction of sp³-hybridized carbons (Fsp3) is 0.889. The van der Waals surface area contributed by atoms with E-state index in [9.17, 15) is 4.79 Å². The molecule has 0 aliphatic heterocycles. The molecule has 0 aromatic rings. The minimum absolute atomic E-state index is 0.238. The zero-order valence-corrected chi connectivity index (χ0v) is 7.39. The van der Waals surface area contributed by atoms with Gasteiger partial charge in [-0.3, -0.25) is 4.79 Å². The first-order valence-corrected chi connectivity index (χ1v) is 4.38. The van der Waals surface area contributed by atoms with Crippen molar-refractivity contribution in [3.05, 3.63) is 0 Å². The quantitative estimate of drug-likeness (QED) is 0.668. The van der Waals surface area contributed by atoms with Crippen molar-refractivity contribution in [2.45, 2.75) is 45.1 Å². The Labute approximate surface area is 68.2 Å². The van der Waals surface area contributed by atoms with Crippen LogP contribution in [-0.4, -0.2) is 11.3 Å². The molecule has 0 aromatic carbocycles. The molecule has 0 saturated heterocycles. The molecule has 0 amide bonds. The minimum atomic E-state index is -0.567. The van der Waals surface area contributed by atoms with E-state index >= 15 is 0 Å². The first kappa shape index (κ1) is 8.72. The molecule has 1 atom stereocenters. The molecule has 0 bridgehead atoms.